The lowest BCUT2D eigenvalue weighted by Gasteiger charge is -2.06. The van der Waals surface area contributed by atoms with Gasteiger partial charge in [-0.2, -0.15) is 0 Å². The van der Waals surface area contributed by atoms with Gasteiger partial charge in [-0.3, -0.25) is 0 Å². The zero-order chi connectivity index (χ0) is 12.5. The summed E-state index contributed by atoms with van der Waals surface area (Å²) in [6.45, 7) is 0. The summed E-state index contributed by atoms with van der Waals surface area (Å²) in [5.74, 6) is -1.77. The number of carbonyl (C=O) groups excluding carboxylic acids is 1. The first kappa shape index (κ1) is 13.4. The summed E-state index contributed by atoms with van der Waals surface area (Å²) in [6, 6.07) is 1.56. The molecule has 16 heavy (non-hydrogen) atoms. The average molecular weight is 332 g/mol. The van der Waals surface area contributed by atoms with Gasteiger partial charge in [0, 0.05) is 10.7 Å². The van der Waals surface area contributed by atoms with Crippen LogP contribution in [-0.4, -0.2) is 21.5 Å². The van der Waals surface area contributed by atoms with E-state index in [0.717, 1.165) is 13.2 Å². The van der Waals surface area contributed by atoms with Gasteiger partial charge in [-0.15, -0.1) is 0 Å². The third-order valence-corrected chi connectivity index (χ3v) is 4.13. The van der Waals surface area contributed by atoms with Crippen molar-refractivity contribution in [2.75, 3.05) is 7.11 Å². The van der Waals surface area contributed by atoms with Crippen LogP contribution in [0.15, 0.2) is 21.5 Å². The quantitative estimate of drug-likeness (QED) is 0.616. The second-order valence-corrected chi connectivity index (χ2v) is 6.02. The lowest BCUT2D eigenvalue weighted by Crippen LogP contribution is -2.06. The Labute approximate surface area is 104 Å². The molecule has 0 aliphatic rings. The predicted octanol–water partition coefficient (Wildman–Crippen LogP) is 2.30. The van der Waals surface area contributed by atoms with Crippen molar-refractivity contribution in [3.8, 4) is 0 Å². The minimum Gasteiger partial charge on any atom is -0.465 e. The van der Waals surface area contributed by atoms with Gasteiger partial charge in [0.2, 0.25) is 0 Å². The van der Waals surface area contributed by atoms with E-state index in [9.17, 15) is 17.6 Å². The van der Waals surface area contributed by atoms with Gasteiger partial charge >= 0.3 is 5.97 Å². The van der Waals surface area contributed by atoms with E-state index in [2.05, 4.69) is 20.7 Å². The molecular formula is C8H5BrClFO4S. The Hall–Kier alpha value is -0.660. The van der Waals surface area contributed by atoms with Crippen molar-refractivity contribution in [3.63, 3.8) is 0 Å². The van der Waals surface area contributed by atoms with Crippen LogP contribution in [0.25, 0.3) is 0 Å². The summed E-state index contributed by atoms with van der Waals surface area (Å²) < 4.78 is 39.5. The van der Waals surface area contributed by atoms with Crippen molar-refractivity contribution in [1.82, 2.24) is 0 Å². The molecule has 0 aromatic heterocycles. The molecule has 0 fully saturated rings. The molecule has 0 atom stereocenters. The van der Waals surface area contributed by atoms with Gasteiger partial charge in [-0.25, -0.2) is 17.6 Å². The van der Waals surface area contributed by atoms with Crippen LogP contribution < -0.4 is 0 Å². The second-order valence-electron chi connectivity index (χ2n) is 2.69. The maximum Gasteiger partial charge on any atom is 0.339 e. The normalized spacial score (nSPS) is 11.2. The minimum absolute atomic E-state index is 0.129. The average Bonchev–Trinajstić information content (AvgIpc) is 2.18. The third kappa shape index (κ3) is 2.72. The third-order valence-electron chi connectivity index (χ3n) is 1.67. The van der Waals surface area contributed by atoms with E-state index < -0.39 is 25.7 Å². The van der Waals surface area contributed by atoms with E-state index >= 15 is 0 Å². The van der Waals surface area contributed by atoms with E-state index in [-0.39, 0.29) is 10.0 Å². The molecule has 0 aliphatic carbocycles. The number of methoxy groups -OCH3 is 1. The Morgan fingerprint density at radius 2 is 2.06 bits per heavy atom. The molecule has 4 nitrogen and oxygen atoms in total. The van der Waals surface area contributed by atoms with Crippen molar-refractivity contribution >= 4 is 41.6 Å². The molecule has 0 aliphatic heterocycles. The molecular weight excluding hydrogens is 327 g/mol. The smallest absolute Gasteiger partial charge is 0.339 e. The minimum atomic E-state index is -4.14. The fourth-order valence-corrected chi connectivity index (χ4v) is 3.25. The molecule has 1 aromatic carbocycles. The molecule has 1 aromatic rings. The number of hydrogen-bond acceptors (Lipinski definition) is 4. The summed E-state index contributed by atoms with van der Waals surface area (Å²) in [5, 5.41) is 0. The van der Waals surface area contributed by atoms with Gasteiger partial charge < -0.3 is 4.74 Å². The lowest BCUT2D eigenvalue weighted by atomic mass is 10.2. The topological polar surface area (TPSA) is 60.4 Å². The van der Waals surface area contributed by atoms with Crippen LogP contribution in [0.3, 0.4) is 0 Å². The molecule has 0 saturated carbocycles. The van der Waals surface area contributed by atoms with E-state index in [4.69, 9.17) is 10.7 Å². The maximum absolute atomic E-state index is 13.1. The Balaban J connectivity index is 3.56. The molecule has 0 radical (unpaired) electrons. The molecule has 0 saturated heterocycles. The van der Waals surface area contributed by atoms with E-state index in [1.165, 1.54) is 0 Å². The monoisotopic (exact) mass is 330 g/mol. The van der Waals surface area contributed by atoms with Crippen LogP contribution in [0.2, 0.25) is 0 Å². The van der Waals surface area contributed by atoms with Crippen molar-refractivity contribution in [2.24, 2.45) is 0 Å². The Kier molecular flexibility index (Phi) is 3.92. The molecule has 0 spiro atoms. The zero-order valence-corrected chi connectivity index (χ0v) is 11.0. The SMILES string of the molecule is COC(=O)c1cc(F)cc(S(=O)(=O)Cl)c1Br. The maximum atomic E-state index is 13.1. The number of halogens is 3. The van der Waals surface area contributed by atoms with E-state index in [1.54, 1.807) is 0 Å². The number of ether oxygens (including phenoxy) is 1. The fraction of sp³-hybridized carbons (Fsp3) is 0.125. The van der Waals surface area contributed by atoms with E-state index in [1.807, 2.05) is 0 Å². The van der Waals surface area contributed by atoms with Crippen molar-refractivity contribution < 1.29 is 22.3 Å². The van der Waals surface area contributed by atoms with Crippen LogP contribution in [0.4, 0.5) is 4.39 Å². The Morgan fingerprint density at radius 3 is 2.50 bits per heavy atom. The summed E-state index contributed by atoms with van der Waals surface area (Å²) in [4.78, 5) is 10.7. The van der Waals surface area contributed by atoms with Gasteiger partial charge in [-0.1, -0.05) is 0 Å². The number of benzene rings is 1. The molecule has 0 heterocycles. The first-order valence-electron chi connectivity index (χ1n) is 3.79. The van der Waals surface area contributed by atoms with Gasteiger partial charge in [0.25, 0.3) is 9.05 Å². The zero-order valence-electron chi connectivity index (χ0n) is 7.83. The van der Waals surface area contributed by atoms with Gasteiger partial charge in [0.1, 0.15) is 10.7 Å². The highest BCUT2D eigenvalue weighted by atomic mass is 79.9. The van der Waals surface area contributed by atoms with Gasteiger partial charge in [0.15, 0.2) is 0 Å². The first-order chi connectivity index (χ1) is 7.27. The van der Waals surface area contributed by atoms with Gasteiger partial charge in [-0.05, 0) is 28.1 Å². The molecule has 0 bridgehead atoms. The number of esters is 1. The summed E-state index contributed by atoms with van der Waals surface area (Å²) >= 11 is 2.86. The summed E-state index contributed by atoms with van der Waals surface area (Å²) in [5.41, 5.74) is -0.248. The number of carbonyl (C=O) groups is 1. The van der Waals surface area contributed by atoms with Crippen LogP contribution in [0.1, 0.15) is 10.4 Å². The predicted molar refractivity (Wildman–Crippen MR) is 58.5 cm³/mol. The summed E-state index contributed by atoms with van der Waals surface area (Å²) in [6.07, 6.45) is 0. The highest BCUT2D eigenvalue weighted by molar-refractivity contribution is 9.10. The molecule has 0 unspecified atom stereocenters. The Bertz CT molecular complexity index is 543. The highest BCUT2D eigenvalue weighted by Gasteiger charge is 2.22. The summed E-state index contributed by atoms with van der Waals surface area (Å²) in [7, 11) is 2.03. The first-order valence-corrected chi connectivity index (χ1v) is 6.89. The van der Waals surface area contributed by atoms with Gasteiger partial charge in [0.05, 0.1) is 17.1 Å². The molecule has 8 heteroatoms. The van der Waals surface area contributed by atoms with Crippen LogP contribution in [-0.2, 0) is 13.8 Å². The second kappa shape index (κ2) is 4.68. The standard InChI is InChI=1S/C8H5BrClFO4S/c1-15-8(12)5-2-4(11)3-6(7(5)9)16(10,13)14/h2-3H,1H3. The molecule has 88 valence electrons. The fourth-order valence-electron chi connectivity index (χ4n) is 1.00. The molecule has 1 rings (SSSR count). The van der Waals surface area contributed by atoms with Crippen LogP contribution >= 0.6 is 26.6 Å². The largest absolute Gasteiger partial charge is 0.465 e. The van der Waals surface area contributed by atoms with Crippen LogP contribution in [0, 0.1) is 5.82 Å². The Morgan fingerprint density at radius 1 is 1.50 bits per heavy atom. The van der Waals surface area contributed by atoms with Crippen molar-refractivity contribution in [3.05, 3.63) is 28.0 Å². The lowest BCUT2D eigenvalue weighted by molar-refractivity contribution is 0.0598. The highest BCUT2D eigenvalue weighted by Crippen LogP contribution is 2.30. The van der Waals surface area contributed by atoms with E-state index in [0.29, 0.717) is 6.07 Å². The number of rotatable bonds is 2. The number of hydrogen-bond donors (Lipinski definition) is 0. The molecule has 0 N–H and O–H groups in total. The van der Waals surface area contributed by atoms with Crippen molar-refractivity contribution in [2.45, 2.75) is 4.90 Å². The molecule has 0 amide bonds. The van der Waals surface area contributed by atoms with Crippen LogP contribution in [0.5, 0.6) is 0 Å². The van der Waals surface area contributed by atoms with Crippen molar-refractivity contribution in [1.29, 1.82) is 0 Å².